The monoisotopic (exact) mass is 282 g/mol. The molecule has 2 rings (SSSR count). The summed E-state index contributed by atoms with van der Waals surface area (Å²) < 4.78 is 1.21. The van der Waals surface area contributed by atoms with Gasteiger partial charge in [-0.3, -0.25) is 24.5 Å². The summed E-state index contributed by atoms with van der Waals surface area (Å²) in [7, 11) is 2.04. The molecule has 0 saturated carbocycles. The van der Waals surface area contributed by atoms with Crippen molar-refractivity contribution < 1.29 is 4.92 Å². The Hall–Kier alpha value is -1.96. The van der Waals surface area contributed by atoms with E-state index < -0.39 is 21.9 Å². The first-order chi connectivity index (χ1) is 9.49. The Balaban J connectivity index is 2.13. The van der Waals surface area contributed by atoms with Crippen molar-refractivity contribution in [2.75, 3.05) is 13.6 Å². The van der Waals surface area contributed by atoms with Crippen molar-refractivity contribution in [2.45, 2.75) is 38.3 Å². The van der Waals surface area contributed by atoms with Gasteiger partial charge in [-0.05, 0) is 32.9 Å². The fourth-order valence-corrected chi connectivity index (χ4v) is 2.59. The van der Waals surface area contributed by atoms with E-state index in [9.17, 15) is 19.7 Å². The van der Waals surface area contributed by atoms with Crippen molar-refractivity contribution in [3.05, 3.63) is 37.1 Å². The number of hydrogen-bond acceptors (Lipinski definition) is 5. The normalized spacial score (nSPS) is 19.9. The molecule has 1 atom stereocenters. The van der Waals surface area contributed by atoms with Crippen LogP contribution in [0.25, 0.3) is 0 Å². The summed E-state index contributed by atoms with van der Waals surface area (Å²) in [6, 6.07) is 0.377. The van der Waals surface area contributed by atoms with Crippen LogP contribution in [0.2, 0.25) is 0 Å². The Morgan fingerprint density at radius 3 is 2.85 bits per heavy atom. The van der Waals surface area contributed by atoms with Gasteiger partial charge in [0.25, 0.3) is 0 Å². The number of nitrogens with zero attached hydrogens (tertiary/aromatic N) is 3. The molecule has 8 nitrogen and oxygen atoms in total. The zero-order chi connectivity index (χ0) is 14.7. The zero-order valence-electron chi connectivity index (χ0n) is 11.4. The van der Waals surface area contributed by atoms with Crippen molar-refractivity contribution in [2.24, 2.45) is 0 Å². The first-order valence-corrected chi connectivity index (χ1v) is 6.67. The summed E-state index contributed by atoms with van der Waals surface area (Å²) >= 11 is 0. The minimum atomic E-state index is -0.953. The van der Waals surface area contributed by atoms with Crippen LogP contribution < -0.4 is 11.2 Å². The molecule has 1 aromatic heterocycles. The highest BCUT2D eigenvalue weighted by atomic mass is 16.6. The lowest BCUT2D eigenvalue weighted by Crippen LogP contribution is -2.38. The van der Waals surface area contributed by atoms with E-state index in [0.717, 1.165) is 32.0 Å². The number of aryl methyl sites for hydroxylation is 1. The van der Waals surface area contributed by atoms with E-state index in [-0.39, 0.29) is 0 Å². The number of rotatable bonds is 4. The number of likely N-dealkylation sites (tertiary alicyclic amines) is 1. The summed E-state index contributed by atoms with van der Waals surface area (Å²) in [5, 5.41) is 10.7. The maximum absolute atomic E-state index is 11.6. The molecular weight excluding hydrogens is 264 g/mol. The SMILES string of the molecule is CN1CCCCC1CCn1cc([N+](=O)[O-])c(=O)[nH]c1=O. The van der Waals surface area contributed by atoms with E-state index in [1.807, 2.05) is 12.0 Å². The number of piperidine rings is 1. The second-order valence-electron chi connectivity index (χ2n) is 5.14. The smallest absolute Gasteiger partial charge is 0.303 e. The molecule has 1 saturated heterocycles. The van der Waals surface area contributed by atoms with Crippen molar-refractivity contribution in [1.82, 2.24) is 14.5 Å². The molecule has 1 fully saturated rings. The lowest BCUT2D eigenvalue weighted by Gasteiger charge is -2.32. The number of aromatic nitrogens is 2. The molecule has 0 aromatic carbocycles. The Bertz CT molecular complexity index is 606. The standard InChI is InChI=1S/C12H18N4O4/c1-14-6-3-2-4-9(14)5-7-15-8-10(16(19)20)11(17)13-12(15)18/h8-9H,2-7H2,1H3,(H,13,17,18). The summed E-state index contributed by atoms with van der Waals surface area (Å²) in [6.45, 7) is 1.40. The quantitative estimate of drug-likeness (QED) is 0.633. The zero-order valence-corrected chi connectivity index (χ0v) is 11.4. The van der Waals surface area contributed by atoms with Crippen LogP contribution in [-0.4, -0.2) is 39.0 Å². The molecule has 0 aliphatic carbocycles. The molecule has 0 spiro atoms. The minimum absolute atomic E-state index is 0.367. The number of hydrogen-bond donors (Lipinski definition) is 1. The largest absolute Gasteiger partial charge is 0.350 e. The minimum Gasteiger partial charge on any atom is -0.303 e. The van der Waals surface area contributed by atoms with Gasteiger partial charge in [0.2, 0.25) is 0 Å². The topological polar surface area (TPSA) is 101 Å². The third kappa shape index (κ3) is 3.13. The molecule has 1 aliphatic heterocycles. The average Bonchev–Trinajstić information content (AvgIpc) is 2.39. The maximum atomic E-state index is 11.6. The molecule has 0 amide bonds. The van der Waals surface area contributed by atoms with Crippen LogP contribution in [0.15, 0.2) is 15.8 Å². The van der Waals surface area contributed by atoms with E-state index >= 15 is 0 Å². The Kier molecular flexibility index (Phi) is 4.33. The van der Waals surface area contributed by atoms with Gasteiger partial charge in [-0.25, -0.2) is 4.79 Å². The molecule has 1 N–H and O–H groups in total. The van der Waals surface area contributed by atoms with Gasteiger partial charge in [-0.15, -0.1) is 0 Å². The number of nitro groups is 1. The lowest BCUT2D eigenvalue weighted by atomic mass is 10.0. The van der Waals surface area contributed by atoms with Crippen molar-refractivity contribution >= 4 is 5.69 Å². The number of H-pyrrole nitrogens is 1. The summed E-state index contributed by atoms with van der Waals surface area (Å²) in [6.07, 6.45) is 5.17. The Morgan fingerprint density at radius 1 is 1.45 bits per heavy atom. The number of nitrogens with one attached hydrogen (secondary N) is 1. The Morgan fingerprint density at radius 2 is 2.20 bits per heavy atom. The van der Waals surface area contributed by atoms with Crippen LogP contribution in [0.5, 0.6) is 0 Å². The predicted octanol–water partition coefficient (Wildman–Crippen LogP) is 0.319. The molecule has 1 aromatic rings. The molecule has 1 aliphatic rings. The molecular formula is C12H18N4O4. The molecule has 110 valence electrons. The second kappa shape index (κ2) is 6.00. The molecule has 20 heavy (non-hydrogen) atoms. The van der Waals surface area contributed by atoms with Crippen molar-refractivity contribution in [3.8, 4) is 0 Å². The fraction of sp³-hybridized carbons (Fsp3) is 0.667. The third-order valence-electron chi connectivity index (χ3n) is 3.81. The van der Waals surface area contributed by atoms with E-state index in [2.05, 4.69) is 4.90 Å². The van der Waals surface area contributed by atoms with Gasteiger partial charge in [0.15, 0.2) is 0 Å². The predicted molar refractivity (Wildman–Crippen MR) is 72.9 cm³/mol. The van der Waals surface area contributed by atoms with Crippen molar-refractivity contribution in [1.29, 1.82) is 0 Å². The Labute approximate surface area is 115 Å². The van der Waals surface area contributed by atoms with Gasteiger partial charge in [-0.1, -0.05) is 6.42 Å². The average molecular weight is 282 g/mol. The fourth-order valence-electron chi connectivity index (χ4n) is 2.59. The molecule has 0 radical (unpaired) electrons. The summed E-state index contributed by atoms with van der Waals surface area (Å²) in [5.41, 5.74) is -2.15. The number of aromatic amines is 1. The van der Waals surface area contributed by atoms with Crippen LogP contribution in [-0.2, 0) is 6.54 Å². The highest BCUT2D eigenvalue weighted by molar-refractivity contribution is 5.20. The molecule has 0 bridgehead atoms. The summed E-state index contributed by atoms with van der Waals surface area (Å²) in [5.74, 6) is 0. The molecule has 2 heterocycles. The van der Waals surface area contributed by atoms with Gasteiger partial charge in [0, 0.05) is 12.6 Å². The molecule has 8 heteroatoms. The van der Waals surface area contributed by atoms with Crippen molar-refractivity contribution in [3.63, 3.8) is 0 Å². The van der Waals surface area contributed by atoms with Gasteiger partial charge in [-0.2, -0.15) is 0 Å². The second-order valence-corrected chi connectivity index (χ2v) is 5.14. The van der Waals surface area contributed by atoms with Crippen LogP contribution in [0, 0.1) is 10.1 Å². The van der Waals surface area contributed by atoms with E-state index in [4.69, 9.17) is 0 Å². The summed E-state index contributed by atoms with van der Waals surface area (Å²) in [4.78, 5) is 37.1. The third-order valence-corrected chi connectivity index (χ3v) is 3.81. The lowest BCUT2D eigenvalue weighted by molar-refractivity contribution is -0.386. The highest BCUT2D eigenvalue weighted by Gasteiger charge is 2.20. The van der Waals surface area contributed by atoms with Crippen LogP contribution >= 0.6 is 0 Å². The molecule has 1 unspecified atom stereocenters. The maximum Gasteiger partial charge on any atom is 0.350 e. The highest BCUT2D eigenvalue weighted by Crippen LogP contribution is 2.18. The van der Waals surface area contributed by atoms with Crippen LogP contribution in [0.4, 0.5) is 5.69 Å². The van der Waals surface area contributed by atoms with E-state index in [0.29, 0.717) is 12.6 Å². The van der Waals surface area contributed by atoms with Crippen LogP contribution in [0.3, 0.4) is 0 Å². The van der Waals surface area contributed by atoms with E-state index in [1.165, 1.54) is 11.0 Å². The first-order valence-electron chi connectivity index (χ1n) is 6.67. The first kappa shape index (κ1) is 14.4. The van der Waals surface area contributed by atoms with Gasteiger partial charge < -0.3 is 4.90 Å². The van der Waals surface area contributed by atoms with Gasteiger partial charge in [0.1, 0.15) is 0 Å². The van der Waals surface area contributed by atoms with Gasteiger partial charge >= 0.3 is 16.9 Å². The van der Waals surface area contributed by atoms with Crippen LogP contribution in [0.1, 0.15) is 25.7 Å². The van der Waals surface area contributed by atoms with E-state index in [1.54, 1.807) is 0 Å². The van der Waals surface area contributed by atoms with Gasteiger partial charge in [0.05, 0.1) is 11.1 Å².